The number of ether oxygens (including phenoxy) is 4. The van der Waals surface area contributed by atoms with Gasteiger partial charge in [0, 0.05) is 25.4 Å². The number of rotatable bonds is 9. The van der Waals surface area contributed by atoms with Crippen molar-refractivity contribution >= 4 is 21.9 Å². The van der Waals surface area contributed by atoms with Gasteiger partial charge in [-0.1, -0.05) is 30.3 Å². The zero-order valence-corrected chi connectivity index (χ0v) is 20.5. The summed E-state index contributed by atoms with van der Waals surface area (Å²) in [5, 5.41) is 0. The lowest BCUT2D eigenvalue weighted by atomic mass is 10.2. The molecular formula is C26H28N2O6S. The van der Waals surface area contributed by atoms with E-state index in [2.05, 4.69) is 4.99 Å². The standard InChI is InChI=1S/C26H28N2O6S/c1-31-25-17-22(35(29,30)28-12-14-33-15-13-28)9-10-23(25)27-18-21-8-11-24(26(16-21)32-2)34-19-20-6-4-3-5-7-20/h3-11,16-18H,12-15,19H2,1-2H3. The fourth-order valence-corrected chi connectivity index (χ4v) is 5.05. The predicted octanol–water partition coefficient (Wildman–Crippen LogP) is 4.05. The third-order valence-electron chi connectivity index (χ3n) is 5.54. The molecule has 9 heteroatoms. The van der Waals surface area contributed by atoms with E-state index in [0.29, 0.717) is 55.8 Å². The molecule has 0 amide bonds. The van der Waals surface area contributed by atoms with Gasteiger partial charge < -0.3 is 18.9 Å². The van der Waals surface area contributed by atoms with E-state index in [1.54, 1.807) is 25.5 Å². The maximum absolute atomic E-state index is 12.9. The first-order valence-electron chi connectivity index (χ1n) is 11.2. The van der Waals surface area contributed by atoms with Crippen molar-refractivity contribution in [1.29, 1.82) is 0 Å². The molecule has 0 N–H and O–H groups in total. The third-order valence-corrected chi connectivity index (χ3v) is 7.43. The van der Waals surface area contributed by atoms with E-state index in [-0.39, 0.29) is 4.90 Å². The van der Waals surface area contributed by atoms with Gasteiger partial charge in [-0.3, -0.25) is 4.99 Å². The molecule has 4 rings (SSSR count). The van der Waals surface area contributed by atoms with Gasteiger partial charge in [0.05, 0.1) is 32.3 Å². The maximum Gasteiger partial charge on any atom is 0.243 e. The van der Waals surface area contributed by atoms with Crippen molar-refractivity contribution in [3.63, 3.8) is 0 Å². The van der Waals surface area contributed by atoms with Crippen molar-refractivity contribution < 1.29 is 27.4 Å². The van der Waals surface area contributed by atoms with Crippen LogP contribution in [0.15, 0.2) is 76.6 Å². The molecule has 35 heavy (non-hydrogen) atoms. The molecule has 184 valence electrons. The van der Waals surface area contributed by atoms with E-state index in [9.17, 15) is 8.42 Å². The van der Waals surface area contributed by atoms with Crippen LogP contribution in [0.25, 0.3) is 0 Å². The van der Waals surface area contributed by atoms with E-state index in [1.165, 1.54) is 17.5 Å². The van der Waals surface area contributed by atoms with Crippen LogP contribution in [0.1, 0.15) is 11.1 Å². The molecule has 1 aliphatic heterocycles. The van der Waals surface area contributed by atoms with Gasteiger partial charge in [0.25, 0.3) is 0 Å². The minimum atomic E-state index is -3.63. The van der Waals surface area contributed by atoms with Gasteiger partial charge in [0.15, 0.2) is 11.5 Å². The molecule has 3 aromatic carbocycles. The number of nitrogens with zero attached hydrogens (tertiary/aromatic N) is 2. The van der Waals surface area contributed by atoms with Crippen LogP contribution in [0.3, 0.4) is 0 Å². The highest BCUT2D eigenvalue weighted by Gasteiger charge is 2.27. The van der Waals surface area contributed by atoms with Gasteiger partial charge >= 0.3 is 0 Å². The van der Waals surface area contributed by atoms with Gasteiger partial charge in [-0.05, 0) is 41.5 Å². The number of aliphatic imine (C=N–C) groups is 1. The molecule has 1 aliphatic rings. The van der Waals surface area contributed by atoms with Gasteiger partial charge in [0.1, 0.15) is 18.0 Å². The molecule has 0 atom stereocenters. The number of morpholine rings is 1. The fraction of sp³-hybridized carbons (Fsp3) is 0.269. The SMILES string of the molecule is COc1cc(S(=O)(=O)N2CCOCC2)ccc1N=Cc1ccc(OCc2ccccc2)c(OC)c1. The highest BCUT2D eigenvalue weighted by molar-refractivity contribution is 7.89. The third kappa shape index (κ3) is 6.00. The summed E-state index contributed by atoms with van der Waals surface area (Å²) in [5.41, 5.74) is 2.36. The van der Waals surface area contributed by atoms with E-state index in [4.69, 9.17) is 18.9 Å². The lowest BCUT2D eigenvalue weighted by molar-refractivity contribution is 0.0730. The van der Waals surface area contributed by atoms with Crippen molar-refractivity contribution in [3.05, 3.63) is 77.9 Å². The normalized spacial score (nSPS) is 14.7. The monoisotopic (exact) mass is 496 g/mol. The molecule has 0 aromatic heterocycles. The van der Waals surface area contributed by atoms with Crippen molar-refractivity contribution in [2.45, 2.75) is 11.5 Å². The van der Waals surface area contributed by atoms with Crippen LogP contribution < -0.4 is 14.2 Å². The summed E-state index contributed by atoms with van der Waals surface area (Å²) in [7, 11) is -0.554. The highest BCUT2D eigenvalue weighted by Crippen LogP contribution is 2.32. The number of benzene rings is 3. The van der Waals surface area contributed by atoms with Gasteiger partial charge in [-0.25, -0.2) is 8.42 Å². The molecule has 1 fully saturated rings. The van der Waals surface area contributed by atoms with Crippen molar-refractivity contribution in [2.75, 3.05) is 40.5 Å². The molecular weight excluding hydrogens is 468 g/mol. The summed E-state index contributed by atoms with van der Waals surface area (Å²) in [5.74, 6) is 1.58. The van der Waals surface area contributed by atoms with Crippen LogP contribution in [0.2, 0.25) is 0 Å². The summed E-state index contributed by atoms with van der Waals surface area (Å²) in [6, 6.07) is 20.1. The molecule has 1 saturated heterocycles. The second-order valence-corrected chi connectivity index (χ2v) is 9.73. The van der Waals surface area contributed by atoms with Gasteiger partial charge in [-0.15, -0.1) is 0 Å². The topological polar surface area (TPSA) is 86.7 Å². The molecule has 0 bridgehead atoms. The average Bonchev–Trinajstić information content (AvgIpc) is 2.91. The molecule has 0 unspecified atom stereocenters. The Morgan fingerprint density at radius 3 is 2.37 bits per heavy atom. The Morgan fingerprint density at radius 2 is 1.66 bits per heavy atom. The number of methoxy groups -OCH3 is 2. The highest BCUT2D eigenvalue weighted by atomic mass is 32.2. The number of hydrogen-bond donors (Lipinski definition) is 0. The Hall–Kier alpha value is -3.40. The Kier molecular flexibility index (Phi) is 8.02. The lowest BCUT2D eigenvalue weighted by Gasteiger charge is -2.26. The zero-order chi connectivity index (χ0) is 24.7. The van der Waals surface area contributed by atoms with Crippen molar-refractivity contribution in [1.82, 2.24) is 4.31 Å². The Morgan fingerprint density at radius 1 is 0.914 bits per heavy atom. The van der Waals surface area contributed by atoms with E-state index in [0.717, 1.165) is 11.1 Å². The lowest BCUT2D eigenvalue weighted by Crippen LogP contribution is -2.40. The van der Waals surface area contributed by atoms with Gasteiger partial charge in [0.2, 0.25) is 10.0 Å². The van der Waals surface area contributed by atoms with Crippen molar-refractivity contribution in [3.8, 4) is 17.2 Å². The Labute approximate surface area is 205 Å². The summed E-state index contributed by atoms with van der Waals surface area (Å²) in [4.78, 5) is 4.67. The van der Waals surface area contributed by atoms with Crippen LogP contribution in [-0.4, -0.2) is 59.5 Å². The summed E-state index contributed by atoms with van der Waals surface area (Å²) in [6.45, 7) is 1.87. The average molecular weight is 497 g/mol. The molecule has 1 heterocycles. The predicted molar refractivity (Wildman–Crippen MR) is 134 cm³/mol. The first-order chi connectivity index (χ1) is 17.0. The second kappa shape index (κ2) is 11.4. The largest absolute Gasteiger partial charge is 0.494 e. The zero-order valence-electron chi connectivity index (χ0n) is 19.7. The number of hydrogen-bond acceptors (Lipinski definition) is 7. The Balaban J connectivity index is 1.50. The minimum Gasteiger partial charge on any atom is -0.494 e. The quantitative estimate of drug-likeness (QED) is 0.416. The van der Waals surface area contributed by atoms with E-state index >= 15 is 0 Å². The number of sulfonamides is 1. The molecule has 0 aliphatic carbocycles. The molecule has 0 saturated carbocycles. The van der Waals surface area contributed by atoms with Crippen LogP contribution in [0.5, 0.6) is 17.2 Å². The van der Waals surface area contributed by atoms with Crippen LogP contribution >= 0.6 is 0 Å². The second-order valence-electron chi connectivity index (χ2n) is 7.79. The maximum atomic E-state index is 12.9. The Bertz CT molecular complexity index is 1270. The summed E-state index contributed by atoms with van der Waals surface area (Å²) in [6.07, 6.45) is 1.66. The van der Waals surface area contributed by atoms with E-state index < -0.39 is 10.0 Å². The fourth-order valence-electron chi connectivity index (χ4n) is 3.62. The van der Waals surface area contributed by atoms with Crippen LogP contribution in [0.4, 0.5) is 5.69 Å². The molecule has 8 nitrogen and oxygen atoms in total. The molecule has 0 radical (unpaired) electrons. The smallest absolute Gasteiger partial charge is 0.243 e. The molecule has 3 aromatic rings. The van der Waals surface area contributed by atoms with Crippen molar-refractivity contribution in [2.24, 2.45) is 4.99 Å². The van der Waals surface area contributed by atoms with E-state index in [1.807, 2.05) is 48.5 Å². The minimum absolute atomic E-state index is 0.164. The summed E-state index contributed by atoms with van der Waals surface area (Å²) >= 11 is 0. The van der Waals surface area contributed by atoms with Gasteiger partial charge in [-0.2, -0.15) is 4.31 Å². The first kappa shape index (κ1) is 24.7. The molecule has 0 spiro atoms. The first-order valence-corrected chi connectivity index (χ1v) is 12.6. The van der Waals surface area contributed by atoms with Crippen LogP contribution in [-0.2, 0) is 21.4 Å². The summed E-state index contributed by atoms with van der Waals surface area (Å²) < 4.78 is 49.4. The van der Waals surface area contributed by atoms with Crippen LogP contribution in [0, 0.1) is 0 Å².